The molecule has 0 bridgehead atoms. The molecule has 0 atom stereocenters. The molecule has 2 aromatic rings. The van der Waals surface area contributed by atoms with E-state index in [4.69, 9.17) is 4.74 Å². The lowest BCUT2D eigenvalue weighted by atomic mass is 10.1. The second kappa shape index (κ2) is 6.85. The van der Waals surface area contributed by atoms with Crippen LogP contribution in [-0.2, 0) is 24.3 Å². The lowest BCUT2D eigenvalue weighted by Gasteiger charge is -2.08. The van der Waals surface area contributed by atoms with Gasteiger partial charge < -0.3 is 10.1 Å². The Labute approximate surface area is 113 Å². The van der Waals surface area contributed by atoms with Crippen LogP contribution >= 0.6 is 0 Å². The summed E-state index contributed by atoms with van der Waals surface area (Å²) in [4.78, 5) is 8.40. The molecule has 4 heteroatoms. The molecule has 0 saturated heterocycles. The molecule has 19 heavy (non-hydrogen) atoms. The van der Waals surface area contributed by atoms with Crippen molar-refractivity contribution in [3.05, 3.63) is 53.5 Å². The van der Waals surface area contributed by atoms with Crippen LogP contribution in [0.5, 0.6) is 0 Å². The smallest absolute Gasteiger partial charge is 0.129 e. The Morgan fingerprint density at radius 3 is 2.79 bits per heavy atom. The van der Waals surface area contributed by atoms with Gasteiger partial charge in [-0.25, -0.2) is 9.97 Å². The molecule has 0 radical (unpaired) electrons. The van der Waals surface area contributed by atoms with Crippen molar-refractivity contribution >= 4 is 5.82 Å². The Kier molecular flexibility index (Phi) is 4.86. The number of ether oxygens (including phenoxy) is 1. The molecule has 0 amide bonds. The fourth-order valence-corrected chi connectivity index (χ4v) is 1.88. The van der Waals surface area contributed by atoms with Crippen LogP contribution in [-0.4, -0.2) is 17.1 Å². The Bertz CT molecular complexity index is 528. The normalized spacial score (nSPS) is 10.4. The van der Waals surface area contributed by atoms with Crippen LogP contribution in [0.25, 0.3) is 0 Å². The van der Waals surface area contributed by atoms with Gasteiger partial charge in [-0.05, 0) is 17.5 Å². The average Bonchev–Trinajstić information content (AvgIpc) is 2.46. The highest BCUT2D eigenvalue weighted by Gasteiger charge is 1.99. The van der Waals surface area contributed by atoms with E-state index in [9.17, 15) is 0 Å². The Morgan fingerprint density at radius 2 is 2.00 bits per heavy atom. The molecule has 1 N–H and O–H groups in total. The monoisotopic (exact) mass is 257 g/mol. The first-order valence-corrected chi connectivity index (χ1v) is 6.43. The van der Waals surface area contributed by atoms with Gasteiger partial charge in [-0.3, -0.25) is 0 Å². The molecule has 0 aliphatic rings. The molecular formula is C15H19N3O. The van der Waals surface area contributed by atoms with Crippen molar-refractivity contribution < 1.29 is 4.74 Å². The van der Waals surface area contributed by atoms with Crippen molar-refractivity contribution in [3.63, 3.8) is 0 Å². The predicted molar refractivity (Wildman–Crippen MR) is 75.9 cm³/mol. The van der Waals surface area contributed by atoms with Gasteiger partial charge in [0.1, 0.15) is 12.1 Å². The molecule has 0 aliphatic heterocycles. The summed E-state index contributed by atoms with van der Waals surface area (Å²) in [6.07, 6.45) is 2.52. The molecule has 1 aromatic heterocycles. The van der Waals surface area contributed by atoms with E-state index in [2.05, 4.69) is 40.4 Å². The number of benzene rings is 1. The zero-order valence-electron chi connectivity index (χ0n) is 11.4. The maximum atomic E-state index is 5.13. The van der Waals surface area contributed by atoms with E-state index in [1.807, 2.05) is 12.1 Å². The van der Waals surface area contributed by atoms with Crippen molar-refractivity contribution in [3.8, 4) is 0 Å². The lowest BCUT2D eigenvalue weighted by Crippen LogP contribution is -2.03. The van der Waals surface area contributed by atoms with Gasteiger partial charge in [0.25, 0.3) is 0 Å². The van der Waals surface area contributed by atoms with E-state index in [-0.39, 0.29) is 0 Å². The van der Waals surface area contributed by atoms with Gasteiger partial charge in [0.2, 0.25) is 0 Å². The van der Waals surface area contributed by atoms with Crippen LogP contribution in [0, 0.1) is 0 Å². The van der Waals surface area contributed by atoms with Crippen molar-refractivity contribution in [1.82, 2.24) is 9.97 Å². The first-order valence-electron chi connectivity index (χ1n) is 6.43. The number of nitrogens with zero attached hydrogens (tertiary/aromatic N) is 2. The molecular weight excluding hydrogens is 238 g/mol. The van der Waals surface area contributed by atoms with Gasteiger partial charge in [0, 0.05) is 25.4 Å². The van der Waals surface area contributed by atoms with Crippen LogP contribution < -0.4 is 5.32 Å². The summed E-state index contributed by atoms with van der Waals surface area (Å²) in [5.41, 5.74) is 3.44. The topological polar surface area (TPSA) is 47.0 Å². The van der Waals surface area contributed by atoms with E-state index < -0.39 is 0 Å². The minimum Gasteiger partial charge on any atom is -0.380 e. The molecule has 1 aromatic carbocycles. The van der Waals surface area contributed by atoms with Crippen LogP contribution in [0.2, 0.25) is 0 Å². The zero-order valence-corrected chi connectivity index (χ0v) is 11.4. The van der Waals surface area contributed by atoms with Gasteiger partial charge in [0.05, 0.1) is 6.61 Å². The molecule has 0 unspecified atom stereocenters. The number of anilines is 1. The third kappa shape index (κ3) is 4.03. The highest BCUT2D eigenvalue weighted by atomic mass is 16.5. The number of hydrogen-bond donors (Lipinski definition) is 1. The van der Waals surface area contributed by atoms with Gasteiger partial charge in [0.15, 0.2) is 0 Å². The fourth-order valence-electron chi connectivity index (χ4n) is 1.88. The summed E-state index contributed by atoms with van der Waals surface area (Å²) in [5, 5.41) is 3.31. The van der Waals surface area contributed by atoms with Crippen molar-refractivity contribution in [2.24, 2.45) is 0 Å². The molecule has 0 saturated carbocycles. The van der Waals surface area contributed by atoms with Gasteiger partial charge in [-0.1, -0.05) is 31.2 Å². The number of aromatic nitrogens is 2. The molecule has 0 spiro atoms. The lowest BCUT2D eigenvalue weighted by molar-refractivity contribution is 0.185. The second-order valence-electron chi connectivity index (χ2n) is 4.35. The first-order chi connectivity index (χ1) is 9.31. The number of hydrogen-bond acceptors (Lipinski definition) is 4. The maximum absolute atomic E-state index is 5.13. The van der Waals surface area contributed by atoms with Crippen molar-refractivity contribution in [1.29, 1.82) is 0 Å². The fraction of sp³-hybridized carbons (Fsp3) is 0.333. The number of nitrogens with one attached hydrogen (secondary N) is 1. The van der Waals surface area contributed by atoms with E-state index >= 15 is 0 Å². The Hall–Kier alpha value is -1.94. The number of methoxy groups -OCH3 is 1. The van der Waals surface area contributed by atoms with Gasteiger partial charge in [-0.15, -0.1) is 0 Å². The summed E-state index contributed by atoms with van der Waals surface area (Å²) in [6.45, 7) is 3.47. The molecule has 0 fully saturated rings. The molecule has 0 aliphatic carbocycles. The van der Waals surface area contributed by atoms with E-state index in [1.165, 1.54) is 11.1 Å². The minimum absolute atomic E-state index is 0.640. The average molecular weight is 257 g/mol. The molecule has 100 valence electrons. The Balaban J connectivity index is 1.99. The second-order valence-corrected chi connectivity index (χ2v) is 4.35. The number of rotatable bonds is 6. The quantitative estimate of drug-likeness (QED) is 0.864. The third-order valence-corrected chi connectivity index (χ3v) is 2.86. The molecule has 1 heterocycles. The SMILES string of the molecule is CCc1cc(NCc2cccc(COC)c2)ncn1. The minimum atomic E-state index is 0.640. The summed E-state index contributed by atoms with van der Waals surface area (Å²) in [5.74, 6) is 0.865. The standard InChI is InChI=1S/C15H19N3O/c1-3-14-8-15(18-11-17-14)16-9-12-5-4-6-13(7-12)10-19-2/h4-8,11H,3,9-10H2,1-2H3,(H,16,17,18). The number of aryl methyl sites for hydroxylation is 1. The van der Waals surface area contributed by atoms with Crippen LogP contribution in [0.4, 0.5) is 5.82 Å². The molecule has 2 rings (SSSR count). The van der Waals surface area contributed by atoms with Crippen LogP contribution in [0.15, 0.2) is 36.7 Å². The van der Waals surface area contributed by atoms with Crippen LogP contribution in [0.3, 0.4) is 0 Å². The first kappa shape index (κ1) is 13.5. The highest BCUT2D eigenvalue weighted by Crippen LogP contribution is 2.10. The highest BCUT2D eigenvalue weighted by molar-refractivity contribution is 5.36. The van der Waals surface area contributed by atoms with E-state index in [0.29, 0.717) is 6.61 Å². The van der Waals surface area contributed by atoms with Crippen molar-refractivity contribution in [2.75, 3.05) is 12.4 Å². The third-order valence-electron chi connectivity index (χ3n) is 2.86. The Morgan fingerprint density at radius 1 is 1.16 bits per heavy atom. The predicted octanol–water partition coefficient (Wildman–Crippen LogP) is 2.80. The summed E-state index contributed by atoms with van der Waals surface area (Å²) < 4.78 is 5.13. The van der Waals surface area contributed by atoms with E-state index in [0.717, 1.165) is 24.5 Å². The van der Waals surface area contributed by atoms with Gasteiger partial charge in [-0.2, -0.15) is 0 Å². The van der Waals surface area contributed by atoms with E-state index in [1.54, 1.807) is 13.4 Å². The van der Waals surface area contributed by atoms with Gasteiger partial charge >= 0.3 is 0 Å². The summed E-state index contributed by atoms with van der Waals surface area (Å²) in [7, 11) is 1.71. The zero-order chi connectivity index (χ0) is 13.5. The summed E-state index contributed by atoms with van der Waals surface area (Å²) >= 11 is 0. The maximum Gasteiger partial charge on any atom is 0.129 e. The molecule has 4 nitrogen and oxygen atoms in total. The van der Waals surface area contributed by atoms with Crippen molar-refractivity contribution in [2.45, 2.75) is 26.5 Å². The van der Waals surface area contributed by atoms with Crippen LogP contribution in [0.1, 0.15) is 23.7 Å². The largest absolute Gasteiger partial charge is 0.380 e. The summed E-state index contributed by atoms with van der Waals surface area (Å²) in [6, 6.07) is 10.3.